The van der Waals surface area contributed by atoms with E-state index in [2.05, 4.69) is 24.8 Å². The quantitative estimate of drug-likeness (QED) is 0.353. The summed E-state index contributed by atoms with van der Waals surface area (Å²) in [5.41, 5.74) is 2.54. The monoisotopic (exact) mass is 529 g/mol. The molecule has 0 N–H and O–H groups in total. The molecule has 1 aliphatic heterocycles. The first-order valence-electron chi connectivity index (χ1n) is 12.4. The molecule has 3 aromatic rings. The average molecular weight is 530 g/mol. The number of rotatable bonds is 5. The molecule has 38 heavy (non-hydrogen) atoms. The molecule has 1 aromatic carbocycles. The molecule has 0 saturated carbocycles. The van der Waals surface area contributed by atoms with Crippen LogP contribution in [0, 0.1) is 5.82 Å². The van der Waals surface area contributed by atoms with Crippen molar-refractivity contribution in [3.05, 3.63) is 75.9 Å². The third kappa shape index (κ3) is 5.01. The molecule has 7 nitrogen and oxygen atoms in total. The maximum Gasteiger partial charge on any atom is 0.417 e. The highest BCUT2D eigenvalue weighted by molar-refractivity contribution is 5.91. The Morgan fingerprint density at radius 3 is 2.53 bits per heavy atom. The van der Waals surface area contributed by atoms with Gasteiger partial charge in [-0.15, -0.1) is 5.10 Å². The minimum atomic E-state index is -4.72. The molecule has 1 atom stereocenters. The van der Waals surface area contributed by atoms with Gasteiger partial charge in [-0.05, 0) is 55.5 Å². The van der Waals surface area contributed by atoms with E-state index in [4.69, 9.17) is 0 Å². The summed E-state index contributed by atoms with van der Waals surface area (Å²) in [5.74, 6) is -0.387. The topological polar surface area (TPSA) is 71.5 Å². The van der Waals surface area contributed by atoms with E-state index in [1.54, 1.807) is 12.1 Å². The predicted molar refractivity (Wildman–Crippen MR) is 133 cm³/mol. The Hall–Kier alpha value is -3.76. The lowest BCUT2D eigenvalue weighted by molar-refractivity contribution is -0.138. The van der Waals surface area contributed by atoms with E-state index in [1.807, 2.05) is 11.8 Å². The van der Waals surface area contributed by atoms with Crippen LogP contribution < -0.4 is 9.80 Å². The summed E-state index contributed by atoms with van der Waals surface area (Å²) in [5, 5.41) is 9.11. The van der Waals surface area contributed by atoms with E-state index < -0.39 is 23.3 Å². The van der Waals surface area contributed by atoms with Crippen LogP contribution in [0.3, 0.4) is 0 Å². The van der Waals surface area contributed by atoms with Crippen molar-refractivity contribution >= 4 is 17.6 Å². The molecule has 1 aliphatic carbocycles. The second-order valence-corrected chi connectivity index (χ2v) is 9.65. The number of alkyl halides is 3. The Bertz CT molecular complexity index is 1350. The summed E-state index contributed by atoms with van der Waals surface area (Å²) in [6.45, 7) is 3.41. The van der Waals surface area contributed by atoms with Crippen molar-refractivity contribution in [3.63, 3.8) is 0 Å². The van der Waals surface area contributed by atoms with Crippen molar-refractivity contribution in [2.45, 2.75) is 44.8 Å². The van der Waals surface area contributed by atoms with Crippen LogP contribution in [0.4, 0.5) is 29.2 Å². The lowest BCUT2D eigenvalue weighted by atomic mass is 10.0. The highest BCUT2D eigenvalue weighted by Crippen LogP contribution is 2.36. The van der Waals surface area contributed by atoms with Crippen LogP contribution in [-0.4, -0.2) is 53.9 Å². The molecule has 1 saturated heterocycles. The van der Waals surface area contributed by atoms with Crippen molar-refractivity contribution in [2.24, 2.45) is 0 Å². The molecule has 200 valence electrons. The van der Waals surface area contributed by atoms with E-state index in [0.29, 0.717) is 26.1 Å². The van der Waals surface area contributed by atoms with Crippen LogP contribution in [0.2, 0.25) is 0 Å². The third-order valence-corrected chi connectivity index (χ3v) is 7.21. The first-order valence-corrected chi connectivity index (χ1v) is 12.4. The minimum Gasteiger partial charge on any atom is -0.465 e. The first-order chi connectivity index (χ1) is 18.2. The molecule has 3 heterocycles. The Kier molecular flexibility index (Phi) is 6.93. The lowest BCUT2D eigenvalue weighted by Gasteiger charge is -2.41. The number of fused-ring (bicyclic) bond motifs is 1. The number of piperazine rings is 1. The molecule has 0 spiro atoms. The fourth-order valence-electron chi connectivity index (χ4n) is 5.33. The summed E-state index contributed by atoms with van der Waals surface area (Å²) in [6, 6.07) is 7.13. The van der Waals surface area contributed by atoms with E-state index >= 15 is 0 Å². The third-order valence-electron chi connectivity index (χ3n) is 7.21. The van der Waals surface area contributed by atoms with Gasteiger partial charge in [0.15, 0.2) is 5.82 Å². The minimum absolute atomic E-state index is 0.156. The Labute approximate surface area is 217 Å². The zero-order valence-corrected chi connectivity index (χ0v) is 21.1. The van der Waals surface area contributed by atoms with E-state index in [-0.39, 0.29) is 17.7 Å². The normalized spacial score (nSPS) is 17.5. The van der Waals surface area contributed by atoms with E-state index in [1.165, 1.54) is 17.7 Å². The van der Waals surface area contributed by atoms with Gasteiger partial charge in [-0.1, -0.05) is 12.1 Å². The number of benzene rings is 1. The van der Waals surface area contributed by atoms with Crippen LogP contribution >= 0.6 is 0 Å². The fourth-order valence-corrected chi connectivity index (χ4v) is 5.33. The number of carbonyl (C=O) groups is 1. The molecule has 2 aromatic heterocycles. The first kappa shape index (κ1) is 25.9. The van der Waals surface area contributed by atoms with Crippen molar-refractivity contribution in [2.75, 3.05) is 36.5 Å². The maximum atomic E-state index is 13.7. The molecule has 0 radical (unpaired) electrons. The second-order valence-electron chi connectivity index (χ2n) is 9.65. The number of hydrogen-bond donors (Lipinski definition) is 0. The summed E-state index contributed by atoms with van der Waals surface area (Å²) in [7, 11) is 1.03. The molecule has 11 heteroatoms. The molecule has 2 aliphatic rings. The number of esters is 1. The zero-order chi connectivity index (χ0) is 27.0. The highest BCUT2D eigenvalue weighted by Gasteiger charge is 2.38. The number of ether oxygens (including phenoxy) is 1. The van der Waals surface area contributed by atoms with Crippen molar-refractivity contribution in [1.29, 1.82) is 0 Å². The number of carbonyl (C=O) groups excluding carboxylic acids is 1. The fraction of sp³-hybridized carbons (Fsp3) is 0.407. The van der Waals surface area contributed by atoms with Gasteiger partial charge in [0.05, 0.1) is 23.9 Å². The standard InChI is InChI=1S/C27H27F4N5O2/c1-16-15-35(10-11-36(16)24-13-22(27(29,30)31)21(14-32-24)26(37)38-2)25-20-5-3-4-19(20)23(33-34-25)12-17-6-8-18(28)9-7-17/h6-9,13-14,16H,3-5,10-12,15H2,1-2H3. The molecule has 1 unspecified atom stereocenters. The average Bonchev–Trinajstić information content (AvgIpc) is 3.39. The van der Waals surface area contributed by atoms with Gasteiger partial charge in [0.25, 0.3) is 0 Å². The van der Waals surface area contributed by atoms with Crippen LogP contribution in [0.5, 0.6) is 0 Å². The Morgan fingerprint density at radius 1 is 1.11 bits per heavy atom. The van der Waals surface area contributed by atoms with Gasteiger partial charge in [0.1, 0.15) is 11.6 Å². The molecule has 0 bridgehead atoms. The number of hydrogen-bond acceptors (Lipinski definition) is 7. The van der Waals surface area contributed by atoms with Crippen LogP contribution in [0.25, 0.3) is 0 Å². The largest absolute Gasteiger partial charge is 0.465 e. The predicted octanol–water partition coefficient (Wildman–Crippen LogP) is 4.61. The Balaban J connectivity index is 1.36. The highest BCUT2D eigenvalue weighted by atomic mass is 19.4. The molecular weight excluding hydrogens is 502 g/mol. The van der Waals surface area contributed by atoms with E-state index in [9.17, 15) is 22.4 Å². The number of nitrogens with zero attached hydrogens (tertiary/aromatic N) is 5. The van der Waals surface area contributed by atoms with Gasteiger partial charge in [0, 0.05) is 43.9 Å². The summed E-state index contributed by atoms with van der Waals surface area (Å²) >= 11 is 0. The summed E-state index contributed by atoms with van der Waals surface area (Å²) in [6.07, 6.45) is -0.427. The summed E-state index contributed by atoms with van der Waals surface area (Å²) in [4.78, 5) is 20.0. The number of methoxy groups -OCH3 is 1. The van der Waals surface area contributed by atoms with Gasteiger partial charge in [-0.25, -0.2) is 14.2 Å². The van der Waals surface area contributed by atoms with Crippen LogP contribution in [0.15, 0.2) is 36.5 Å². The second kappa shape index (κ2) is 10.2. The van der Waals surface area contributed by atoms with E-state index in [0.717, 1.165) is 61.3 Å². The summed E-state index contributed by atoms with van der Waals surface area (Å²) < 4.78 is 58.9. The van der Waals surface area contributed by atoms with Crippen LogP contribution in [0.1, 0.15) is 51.7 Å². The Morgan fingerprint density at radius 2 is 1.84 bits per heavy atom. The van der Waals surface area contributed by atoms with Gasteiger partial charge in [0.2, 0.25) is 0 Å². The molecular formula is C27H27F4N5O2. The number of halogens is 4. The van der Waals surface area contributed by atoms with Crippen molar-refractivity contribution in [1.82, 2.24) is 15.2 Å². The van der Waals surface area contributed by atoms with Gasteiger partial charge < -0.3 is 14.5 Å². The number of pyridine rings is 1. The van der Waals surface area contributed by atoms with Crippen LogP contribution in [-0.2, 0) is 30.2 Å². The van der Waals surface area contributed by atoms with Crippen molar-refractivity contribution < 1.29 is 27.1 Å². The SMILES string of the molecule is COC(=O)c1cnc(N2CCN(c3nnc(Cc4ccc(F)cc4)c4c3CCC4)CC2C)cc1C(F)(F)F. The van der Waals surface area contributed by atoms with Gasteiger partial charge in [-0.3, -0.25) is 0 Å². The molecule has 0 amide bonds. The lowest BCUT2D eigenvalue weighted by Crippen LogP contribution is -2.53. The zero-order valence-electron chi connectivity index (χ0n) is 21.1. The maximum absolute atomic E-state index is 13.7. The molecule has 5 rings (SSSR count). The van der Waals surface area contributed by atoms with Crippen molar-refractivity contribution in [3.8, 4) is 0 Å². The van der Waals surface area contributed by atoms with Gasteiger partial charge >= 0.3 is 12.1 Å². The van der Waals surface area contributed by atoms with Gasteiger partial charge in [-0.2, -0.15) is 18.3 Å². The molecule has 1 fully saturated rings. The smallest absolute Gasteiger partial charge is 0.417 e. The number of aromatic nitrogens is 3. The number of anilines is 2.